The summed E-state index contributed by atoms with van der Waals surface area (Å²) in [6.07, 6.45) is 0. The van der Waals surface area contributed by atoms with Crippen molar-refractivity contribution in [3.63, 3.8) is 0 Å². The third-order valence-electron chi connectivity index (χ3n) is 3.11. The number of Topliss-reactive ketones (excluding diaryl/α,β-unsaturated/α-hetero) is 1. The molecule has 1 heterocycles. The molecule has 21 heavy (non-hydrogen) atoms. The second-order valence-corrected chi connectivity index (χ2v) is 5.41. The van der Waals surface area contributed by atoms with Crippen LogP contribution in [0.25, 0.3) is 0 Å². The molecule has 1 aromatic heterocycles. The first-order valence-electron chi connectivity index (χ1n) is 6.19. The second-order valence-electron chi connectivity index (χ2n) is 4.62. The van der Waals surface area contributed by atoms with Crippen LogP contribution in [0.1, 0.15) is 39.0 Å². The number of hydrogen-bond donors (Lipinski definition) is 1. The van der Waals surface area contributed by atoms with Gasteiger partial charge in [0.05, 0.1) is 5.02 Å². The standard InChI is InChI=1S/C15H13Cl2NO3/c1-7-12(9(3)19)8(2)18-14(7)15(20)21-11-6-4-5-10(16)13(11)17/h4-6,18H,1-3H3. The fraction of sp³-hybridized carbons (Fsp3) is 0.200. The van der Waals surface area contributed by atoms with Crippen LogP contribution in [0, 0.1) is 13.8 Å². The Kier molecular flexibility index (Phi) is 4.40. The fourth-order valence-electron chi connectivity index (χ4n) is 2.20. The van der Waals surface area contributed by atoms with E-state index in [1.165, 1.54) is 6.92 Å². The molecular formula is C15H13Cl2NO3. The molecule has 6 heteroatoms. The Balaban J connectivity index is 2.36. The van der Waals surface area contributed by atoms with Gasteiger partial charge in [-0.15, -0.1) is 0 Å². The molecule has 0 amide bonds. The van der Waals surface area contributed by atoms with Crippen molar-refractivity contribution in [1.82, 2.24) is 4.98 Å². The molecule has 0 aliphatic carbocycles. The van der Waals surface area contributed by atoms with E-state index in [0.29, 0.717) is 21.8 Å². The first-order valence-corrected chi connectivity index (χ1v) is 6.94. The lowest BCUT2D eigenvalue weighted by Crippen LogP contribution is -2.11. The molecule has 4 nitrogen and oxygen atoms in total. The maximum Gasteiger partial charge on any atom is 0.360 e. The molecule has 110 valence electrons. The Bertz CT molecular complexity index is 735. The van der Waals surface area contributed by atoms with Crippen LogP contribution in [-0.2, 0) is 0 Å². The van der Waals surface area contributed by atoms with Crippen LogP contribution in [0.4, 0.5) is 0 Å². The number of carbonyl (C=O) groups excluding carboxylic acids is 2. The van der Waals surface area contributed by atoms with Crippen molar-refractivity contribution in [2.75, 3.05) is 0 Å². The van der Waals surface area contributed by atoms with Crippen LogP contribution < -0.4 is 4.74 Å². The third kappa shape index (κ3) is 2.96. The largest absolute Gasteiger partial charge is 0.420 e. The van der Waals surface area contributed by atoms with Crippen LogP contribution in [-0.4, -0.2) is 16.7 Å². The molecule has 0 aliphatic rings. The summed E-state index contributed by atoms with van der Waals surface area (Å²) in [6, 6.07) is 4.77. The van der Waals surface area contributed by atoms with Crippen molar-refractivity contribution in [1.29, 1.82) is 0 Å². The average Bonchev–Trinajstić information content (AvgIpc) is 2.70. The van der Waals surface area contributed by atoms with Crippen molar-refractivity contribution in [2.24, 2.45) is 0 Å². The Morgan fingerprint density at radius 2 is 1.86 bits per heavy atom. The van der Waals surface area contributed by atoms with Gasteiger partial charge in [-0.05, 0) is 38.5 Å². The number of nitrogens with one attached hydrogen (secondary N) is 1. The maximum absolute atomic E-state index is 12.2. The van der Waals surface area contributed by atoms with Gasteiger partial charge in [0, 0.05) is 11.3 Å². The second kappa shape index (κ2) is 5.92. The number of carbonyl (C=O) groups is 2. The molecule has 0 atom stereocenters. The first-order chi connectivity index (χ1) is 9.82. The molecule has 2 rings (SSSR count). The Morgan fingerprint density at radius 3 is 2.43 bits per heavy atom. The Morgan fingerprint density at radius 1 is 1.19 bits per heavy atom. The number of hydrogen-bond acceptors (Lipinski definition) is 3. The molecule has 1 aromatic carbocycles. The van der Waals surface area contributed by atoms with E-state index in [4.69, 9.17) is 27.9 Å². The number of rotatable bonds is 3. The Hall–Kier alpha value is -1.78. The van der Waals surface area contributed by atoms with E-state index in [1.54, 1.807) is 32.0 Å². The number of aryl methyl sites for hydroxylation is 1. The average molecular weight is 326 g/mol. The predicted octanol–water partition coefficient (Wildman–Crippen LogP) is 4.36. The summed E-state index contributed by atoms with van der Waals surface area (Å²) >= 11 is 11.8. The van der Waals surface area contributed by atoms with Crippen LogP contribution >= 0.6 is 23.2 Å². The lowest BCUT2D eigenvalue weighted by atomic mass is 10.1. The molecule has 0 saturated carbocycles. The minimum atomic E-state index is -0.618. The van der Waals surface area contributed by atoms with E-state index in [1.807, 2.05) is 0 Å². The normalized spacial score (nSPS) is 10.5. The molecule has 0 saturated heterocycles. The van der Waals surface area contributed by atoms with Crippen LogP contribution in [0.3, 0.4) is 0 Å². The molecule has 2 aromatic rings. The minimum Gasteiger partial charge on any atom is -0.420 e. The molecule has 0 unspecified atom stereocenters. The molecule has 0 fully saturated rings. The van der Waals surface area contributed by atoms with Crippen molar-refractivity contribution < 1.29 is 14.3 Å². The third-order valence-corrected chi connectivity index (χ3v) is 3.91. The van der Waals surface area contributed by atoms with E-state index in [9.17, 15) is 9.59 Å². The fourth-order valence-corrected chi connectivity index (χ4v) is 2.53. The summed E-state index contributed by atoms with van der Waals surface area (Å²) in [5, 5.41) is 0.464. The monoisotopic (exact) mass is 325 g/mol. The van der Waals surface area contributed by atoms with Gasteiger partial charge in [0.1, 0.15) is 10.7 Å². The molecule has 0 bridgehead atoms. The SMILES string of the molecule is CC(=O)c1c(C)[nH]c(C(=O)Oc2cccc(Cl)c2Cl)c1C. The number of ether oxygens (including phenoxy) is 1. The molecular weight excluding hydrogens is 313 g/mol. The smallest absolute Gasteiger partial charge is 0.360 e. The lowest BCUT2D eigenvalue weighted by molar-refractivity contribution is 0.0728. The van der Waals surface area contributed by atoms with E-state index in [-0.39, 0.29) is 22.2 Å². The number of benzene rings is 1. The maximum atomic E-state index is 12.2. The topological polar surface area (TPSA) is 59.2 Å². The van der Waals surface area contributed by atoms with Crippen molar-refractivity contribution in [2.45, 2.75) is 20.8 Å². The van der Waals surface area contributed by atoms with Gasteiger partial charge in [-0.2, -0.15) is 0 Å². The van der Waals surface area contributed by atoms with E-state index in [0.717, 1.165) is 0 Å². The zero-order chi connectivity index (χ0) is 15.7. The number of aromatic nitrogens is 1. The van der Waals surface area contributed by atoms with Gasteiger partial charge in [0.2, 0.25) is 0 Å². The Labute approximate surface area is 132 Å². The number of esters is 1. The van der Waals surface area contributed by atoms with E-state index >= 15 is 0 Å². The minimum absolute atomic E-state index is 0.110. The summed E-state index contributed by atoms with van der Waals surface area (Å²) in [5.74, 6) is -0.557. The van der Waals surface area contributed by atoms with Crippen molar-refractivity contribution in [3.05, 3.63) is 50.8 Å². The number of ketones is 1. The van der Waals surface area contributed by atoms with Gasteiger partial charge in [-0.25, -0.2) is 4.79 Å². The van der Waals surface area contributed by atoms with Gasteiger partial charge in [0.15, 0.2) is 11.5 Å². The quantitative estimate of drug-likeness (QED) is 0.518. The highest BCUT2D eigenvalue weighted by Gasteiger charge is 2.22. The van der Waals surface area contributed by atoms with Crippen LogP contribution in [0.2, 0.25) is 10.0 Å². The highest BCUT2D eigenvalue weighted by Crippen LogP contribution is 2.32. The van der Waals surface area contributed by atoms with Crippen molar-refractivity contribution in [3.8, 4) is 5.75 Å². The molecule has 1 N–H and O–H groups in total. The number of H-pyrrole nitrogens is 1. The molecule has 0 radical (unpaired) electrons. The molecule has 0 aliphatic heterocycles. The van der Waals surface area contributed by atoms with Crippen LogP contribution in [0.15, 0.2) is 18.2 Å². The summed E-state index contributed by atoms with van der Waals surface area (Å²) in [6.45, 7) is 4.87. The van der Waals surface area contributed by atoms with Gasteiger partial charge in [-0.3, -0.25) is 4.79 Å². The zero-order valence-corrected chi connectivity index (χ0v) is 13.2. The predicted molar refractivity (Wildman–Crippen MR) is 81.7 cm³/mol. The highest BCUT2D eigenvalue weighted by atomic mass is 35.5. The van der Waals surface area contributed by atoms with E-state index < -0.39 is 5.97 Å². The van der Waals surface area contributed by atoms with Crippen molar-refractivity contribution >= 4 is 35.0 Å². The lowest BCUT2D eigenvalue weighted by Gasteiger charge is -2.06. The summed E-state index contributed by atoms with van der Waals surface area (Å²) in [5.41, 5.74) is 1.92. The van der Waals surface area contributed by atoms with Gasteiger partial charge >= 0.3 is 5.97 Å². The van der Waals surface area contributed by atoms with Crippen LogP contribution in [0.5, 0.6) is 5.75 Å². The van der Waals surface area contributed by atoms with E-state index in [2.05, 4.69) is 4.98 Å². The summed E-state index contributed by atoms with van der Waals surface area (Å²) in [4.78, 5) is 26.7. The number of halogens is 2. The van der Waals surface area contributed by atoms with Gasteiger partial charge in [-0.1, -0.05) is 29.3 Å². The van der Waals surface area contributed by atoms with Gasteiger partial charge < -0.3 is 9.72 Å². The first kappa shape index (κ1) is 15.6. The van der Waals surface area contributed by atoms with Gasteiger partial charge in [0.25, 0.3) is 0 Å². The summed E-state index contributed by atoms with van der Waals surface area (Å²) in [7, 11) is 0. The molecule has 0 spiro atoms. The zero-order valence-electron chi connectivity index (χ0n) is 11.7. The number of aromatic amines is 1. The summed E-state index contributed by atoms with van der Waals surface area (Å²) < 4.78 is 5.24. The highest BCUT2D eigenvalue weighted by molar-refractivity contribution is 6.43.